The van der Waals surface area contributed by atoms with Crippen molar-refractivity contribution in [2.24, 2.45) is 0 Å². The number of hydrogen-bond acceptors (Lipinski definition) is 3. The molecule has 0 saturated carbocycles. The Balaban J connectivity index is 2.80. The highest BCUT2D eigenvalue weighted by atomic mass is 32.2. The van der Waals surface area contributed by atoms with Crippen molar-refractivity contribution in [2.75, 3.05) is 19.4 Å². The molecule has 0 aromatic heterocycles. The second kappa shape index (κ2) is 7.72. The van der Waals surface area contributed by atoms with Crippen LogP contribution in [0.5, 0.6) is 0 Å². The van der Waals surface area contributed by atoms with E-state index in [9.17, 15) is 8.42 Å². The first-order chi connectivity index (χ1) is 9.77. The van der Waals surface area contributed by atoms with Gasteiger partial charge in [-0.25, -0.2) is 12.7 Å². The zero-order valence-corrected chi connectivity index (χ0v) is 14.5. The van der Waals surface area contributed by atoms with Gasteiger partial charge in [-0.3, -0.25) is 0 Å². The molecule has 0 radical (unpaired) electrons. The molecule has 0 aliphatic carbocycles. The second-order valence-electron chi connectivity index (χ2n) is 5.10. The topological polar surface area (TPSA) is 61.4 Å². The van der Waals surface area contributed by atoms with E-state index in [0.717, 1.165) is 12.8 Å². The highest BCUT2D eigenvalue weighted by molar-refractivity contribution is 7.89. The maximum Gasteiger partial charge on any atom is 0.242 e. The zero-order valence-electron chi connectivity index (χ0n) is 12.9. The number of rotatable bonds is 6. The van der Waals surface area contributed by atoms with Crippen LogP contribution in [-0.4, -0.2) is 38.0 Å². The molecular weight excluding hydrogens is 306 g/mol. The molecule has 0 amide bonds. The average Bonchev–Trinajstić information content (AvgIpc) is 2.38. The lowest BCUT2D eigenvalue weighted by atomic mass is 10.2. The minimum Gasteiger partial charge on any atom is -0.360 e. The van der Waals surface area contributed by atoms with Crippen molar-refractivity contribution in [3.05, 3.63) is 24.3 Å². The molecule has 0 heterocycles. The Hall–Kier alpha value is -1.18. The molecule has 118 valence electrons. The molecule has 0 saturated heterocycles. The first-order valence-electron chi connectivity index (χ1n) is 6.87. The summed E-state index contributed by atoms with van der Waals surface area (Å²) in [4.78, 5) is 0.238. The van der Waals surface area contributed by atoms with Gasteiger partial charge in [0.05, 0.1) is 4.90 Å². The lowest BCUT2D eigenvalue weighted by Crippen LogP contribution is -2.35. The standard InChI is InChI=1S/C14H23N3O2S2/c1-5-7-11(2)15-14(20)16-12-8-6-9-13(10-12)21(18,19)17(3)4/h6,8-11H,5,7H2,1-4H3,(H2,15,16,20). The van der Waals surface area contributed by atoms with Crippen molar-refractivity contribution in [3.8, 4) is 0 Å². The fourth-order valence-electron chi connectivity index (χ4n) is 1.84. The Labute approximate surface area is 132 Å². The fourth-order valence-corrected chi connectivity index (χ4v) is 3.11. The van der Waals surface area contributed by atoms with E-state index in [4.69, 9.17) is 12.2 Å². The molecule has 2 N–H and O–H groups in total. The van der Waals surface area contributed by atoms with Crippen molar-refractivity contribution in [1.29, 1.82) is 0 Å². The number of sulfonamides is 1. The SMILES string of the molecule is CCCC(C)NC(=S)Nc1cccc(S(=O)(=O)N(C)C)c1. The van der Waals surface area contributed by atoms with Gasteiger partial charge in [0.1, 0.15) is 0 Å². The van der Waals surface area contributed by atoms with Gasteiger partial charge in [0.2, 0.25) is 10.0 Å². The summed E-state index contributed by atoms with van der Waals surface area (Å²) in [6.45, 7) is 4.18. The quantitative estimate of drug-likeness (QED) is 0.785. The Kier molecular flexibility index (Phi) is 6.57. The van der Waals surface area contributed by atoms with E-state index < -0.39 is 10.0 Å². The van der Waals surface area contributed by atoms with Crippen LogP contribution in [-0.2, 0) is 10.0 Å². The smallest absolute Gasteiger partial charge is 0.242 e. The Morgan fingerprint density at radius 1 is 1.38 bits per heavy atom. The van der Waals surface area contributed by atoms with Crippen LogP contribution in [0.2, 0.25) is 0 Å². The predicted octanol–water partition coefficient (Wildman–Crippen LogP) is 2.41. The molecule has 0 spiro atoms. The van der Waals surface area contributed by atoms with Crippen molar-refractivity contribution >= 4 is 33.0 Å². The molecule has 0 aliphatic rings. The van der Waals surface area contributed by atoms with E-state index in [2.05, 4.69) is 24.5 Å². The number of hydrogen-bond donors (Lipinski definition) is 2. The van der Waals surface area contributed by atoms with E-state index in [-0.39, 0.29) is 10.9 Å². The molecule has 0 fully saturated rings. The number of anilines is 1. The second-order valence-corrected chi connectivity index (χ2v) is 7.66. The zero-order chi connectivity index (χ0) is 16.0. The summed E-state index contributed by atoms with van der Waals surface area (Å²) >= 11 is 5.23. The van der Waals surface area contributed by atoms with E-state index in [0.29, 0.717) is 10.8 Å². The van der Waals surface area contributed by atoms with Gasteiger partial charge in [0.25, 0.3) is 0 Å². The highest BCUT2D eigenvalue weighted by Gasteiger charge is 2.17. The molecular formula is C14H23N3O2S2. The molecule has 5 nitrogen and oxygen atoms in total. The predicted molar refractivity (Wildman–Crippen MR) is 91.0 cm³/mol. The number of nitrogens with one attached hydrogen (secondary N) is 2. The van der Waals surface area contributed by atoms with Crippen LogP contribution in [0.15, 0.2) is 29.2 Å². The summed E-state index contributed by atoms with van der Waals surface area (Å²) in [6.07, 6.45) is 2.10. The van der Waals surface area contributed by atoms with Crippen LogP contribution in [0.4, 0.5) is 5.69 Å². The fraction of sp³-hybridized carbons (Fsp3) is 0.500. The summed E-state index contributed by atoms with van der Waals surface area (Å²) in [7, 11) is -0.421. The Morgan fingerprint density at radius 2 is 2.05 bits per heavy atom. The number of thiocarbonyl (C=S) groups is 1. The molecule has 0 bridgehead atoms. The van der Waals surface area contributed by atoms with Gasteiger partial charge >= 0.3 is 0 Å². The van der Waals surface area contributed by atoms with Crippen LogP contribution in [0.1, 0.15) is 26.7 Å². The summed E-state index contributed by atoms with van der Waals surface area (Å²) in [5.41, 5.74) is 0.652. The van der Waals surface area contributed by atoms with Gasteiger partial charge in [-0.05, 0) is 43.8 Å². The van der Waals surface area contributed by atoms with E-state index in [1.165, 1.54) is 18.4 Å². The van der Waals surface area contributed by atoms with Crippen LogP contribution in [0.3, 0.4) is 0 Å². The van der Waals surface area contributed by atoms with Crippen molar-refractivity contribution < 1.29 is 8.42 Å². The van der Waals surface area contributed by atoms with Crippen LogP contribution in [0, 0.1) is 0 Å². The summed E-state index contributed by atoms with van der Waals surface area (Å²) < 4.78 is 25.4. The minimum atomic E-state index is -3.44. The normalized spacial score (nSPS) is 13.0. The van der Waals surface area contributed by atoms with Gasteiger partial charge in [0.15, 0.2) is 5.11 Å². The first kappa shape index (κ1) is 17.9. The molecule has 21 heavy (non-hydrogen) atoms. The van der Waals surface area contributed by atoms with Gasteiger partial charge in [-0.1, -0.05) is 19.4 Å². The van der Waals surface area contributed by atoms with Crippen molar-refractivity contribution in [1.82, 2.24) is 9.62 Å². The molecule has 1 unspecified atom stereocenters. The number of benzene rings is 1. The van der Waals surface area contributed by atoms with Gasteiger partial charge < -0.3 is 10.6 Å². The summed E-state index contributed by atoms with van der Waals surface area (Å²) in [5, 5.41) is 6.69. The third kappa shape index (κ3) is 5.26. The summed E-state index contributed by atoms with van der Waals surface area (Å²) in [5.74, 6) is 0. The van der Waals surface area contributed by atoms with Crippen LogP contribution in [0.25, 0.3) is 0 Å². The summed E-state index contributed by atoms with van der Waals surface area (Å²) in [6, 6.07) is 6.90. The maximum atomic E-state index is 12.1. The largest absolute Gasteiger partial charge is 0.360 e. The van der Waals surface area contributed by atoms with Gasteiger partial charge in [-0.15, -0.1) is 0 Å². The third-order valence-corrected chi connectivity index (χ3v) is 5.00. The average molecular weight is 329 g/mol. The van der Waals surface area contributed by atoms with E-state index in [1.54, 1.807) is 24.3 Å². The number of nitrogens with zero attached hydrogens (tertiary/aromatic N) is 1. The first-order valence-corrected chi connectivity index (χ1v) is 8.72. The van der Waals surface area contributed by atoms with Crippen molar-refractivity contribution in [3.63, 3.8) is 0 Å². The van der Waals surface area contributed by atoms with E-state index >= 15 is 0 Å². The monoisotopic (exact) mass is 329 g/mol. The lowest BCUT2D eigenvalue weighted by molar-refractivity contribution is 0.521. The van der Waals surface area contributed by atoms with Crippen LogP contribution < -0.4 is 10.6 Å². The minimum absolute atomic E-state index is 0.238. The molecule has 1 aromatic rings. The molecule has 1 atom stereocenters. The molecule has 0 aliphatic heterocycles. The van der Waals surface area contributed by atoms with Crippen LogP contribution >= 0.6 is 12.2 Å². The molecule has 7 heteroatoms. The maximum absolute atomic E-state index is 12.1. The lowest BCUT2D eigenvalue weighted by Gasteiger charge is -2.17. The van der Waals surface area contributed by atoms with Gasteiger partial charge in [-0.2, -0.15) is 0 Å². The van der Waals surface area contributed by atoms with Crippen molar-refractivity contribution in [2.45, 2.75) is 37.6 Å². The molecule has 1 aromatic carbocycles. The Bertz CT molecular complexity index is 586. The van der Waals surface area contributed by atoms with Gasteiger partial charge in [0, 0.05) is 25.8 Å². The van der Waals surface area contributed by atoms with E-state index in [1.807, 2.05) is 0 Å². The Morgan fingerprint density at radius 3 is 2.62 bits per heavy atom. The highest BCUT2D eigenvalue weighted by Crippen LogP contribution is 2.17. The molecule has 1 rings (SSSR count). The third-order valence-electron chi connectivity index (χ3n) is 2.97.